The topological polar surface area (TPSA) is 93.0 Å². The van der Waals surface area contributed by atoms with Crippen molar-refractivity contribution >= 4 is 6.09 Å². The fraction of sp³-hybridized carbons (Fsp3) is 0.636. The lowest BCUT2D eigenvalue weighted by molar-refractivity contribution is 0.0506. The maximum absolute atomic E-state index is 11.5. The van der Waals surface area contributed by atoms with Gasteiger partial charge in [-0.25, -0.2) is 4.79 Å². The van der Waals surface area contributed by atoms with Gasteiger partial charge in [-0.3, -0.25) is 5.10 Å². The van der Waals surface area contributed by atoms with Gasteiger partial charge in [-0.1, -0.05) is 0 Å². The van der Waals surface area contributed by atoms with Crippen molar-refractivity contribution in [1.29, 1.82) is 0 Å². The average Bonchev–Trinajstić information content (AvgIpc) is 2.66. The van der Waals surface area contributed by atoms with Gasteiger partial charge in [0.15, 0.2) is 0 Å². The molecular formula is C11H20N4O2. The van der Waals surface area contributed by atoms with Crippen LogP contribution in [0.25, 0.3) is 0 Å². The second kappa shape index (κ2) is 5.67. The quantitative estimate of drug-likeness (QED) is 0.726. The van der Waals surface area contributed by atoms with Crippen LogP contribution in [0, 0.1) is 0 Å². The van der Waals surface area contributed by atoms with E-state index in [-0.39, 0.29) is 6.04 Å². The number of amides is 1. The highest BCUT2D eigenvalue weighted by Crippen LogP contribution is 2.07. The summed E-state index contributed by atoms with van der Waals surface area (Å²) < 4.78 is 5.16. The normalized spacial score (nSPS) is 13.2. The van der Waals surface area contributed by atoms with E-state index in [1.165, 1.54) is 0 Å². The van der Waals surface area contributed by atoms with Gasteiger partial charge >= 0.3 is 6.09 Å². The Morgan fingerprint density at radius 2 is 2.35 bits per heavy atom. The lowest BCUT2D eigenvalue weighted by Gasteiger charge is -2.22. The van der Waals surface area contributed by atoms with Crippen molar-refractivity contribution in [3.8, 4) is 0 Å². The Kier molecular flexibility index (Phi) is 4.51. The van der Waals surface area contributed by atoms with E-state index in [2.05, 4.69) is 15.5 Å². The van der Waals surface area contributed by atoms with E-state index in [0.717, 1.165) is 5.56 Å². The first-order valence-electron chi connectivity index (χ1n) is 5.58. The summed E-state index contributed by atoms with van der Waals surface area (Å²) in [6.45, 7) is 5.81. The number of rotatable bonds is 4. The van der Waals surface area contributed by atoms with Crippen LogP contribution in [0.1, 0.15) is 26.3 Å². The predicted molar refractivity (Wildman–Crippen MR) is 64.5 cm³/mol. The van der Waals surface area contributed by atoms with E-state index < -0.39 is 11.7 Å². The van der Waals surface area contributed by atoms with E-state index in [4.69, 9.17) is 10.5 Å². The first-order valence-corrected chi connectivity index (χ1v) is 5.58. The third-order valence-electron chi connectivity index (χ3n) is 2.04. The molecule has 4 N–H and O–H groups in total. The van der Waals surface area contributed by atoms with E-state index in [1.807, 2.05) is 20.8 Å². The van der Waals surface area contributed by atoms with Gasteiger partial charge in [-0.15, -0.1) is 0 Å². The monoisotopic (exact) mass is 240 g/mol. The predicted octanol–water partition coefficient (Wildman–Crippen LogP) is 0.804. The van der Waals surface area contributed by atoms with Gasteiger partial charge in [0.05, 0.1) is 6.20 Å². The number of nitrogens with one attached hydrogen (secondary N) is 2. The number of aromatic amines is 1. The standard InChI is InChI=1S/C11H20N4O2/c1-11(2,3)17-10(16)15-9(5-12)4-8-6-13-14-7-8/h6-7,9H,4-5,12H2,1-3H3,(H,13,14)(H,15,16). The van der Waals surface area contributed by atoms with Crippen molar-refractivity contribution in [3.05, 3.63) is 18.0 Å². The molecule has 1 aromatic heterocycles. The maximum atomic E-state index is 11.5. The van der Waals surface area contributed by atoms with Gasteiger partial charge in [0.1, 0.15) is 5.60 Å². The van der Waals surface area contributed by atoms with Crippen LogP contribution in [-0.2, 0) is 11.2 Å². The minimum atomic E-state index is -0.501. The van der Waals surface area contributed by atoms with Gasteiger partial charge < -0.3 is 15.8 Å². The number of ether oxygens (including phenoxy) is 1. The summed E-state index contributed by atoms with van der Waals surface area (Å²) in [6.07, 6.45) is 3.67. The Bertz CT molecular complexity index is 343. The molecule has 0 aromatic carbocycles. The summed E-state index contributed by atoms with van der Waals surface area (Å²) in [5, 5.41) is 9.29. The minimum Gasteiger partial charge on any atom is -0.444 e. The summed E-state index contributed by atoms with van der Waals surface area (Å²) >= 11 is 0. The first-order chi connectivity index (χ1) is 7.90. The molecule has 6 heteroatoms. The van der Waals surface area contributed by atoms with Crippen LogP contribution >= 0.6 is 0 Å². The molecule has 0 spiro atoms. The van der Waals surface area contributed by atoms with Crippen LogP contribution in [0.15, 0.2) is 12.4 Å². The van der Waals surface area contributed by atoms with Crippen LogP contribution in [0.5, 0.6) is 0 Å². The summed E-state index contributed by atoms with van der Waals surface area (Å²) in [6, 6.07) is -0.151. The van der Waals surface area contributed by atoms with Crippen LogP contribution < -0.4 is 11.1 Å². The van der Waals surface area contributed by atoms with Gasteiger partial charge in [0.25, 0.3) is 0 Å². The highest BCUT2D eigenvalue weighted by atomic mass is 16.6. The smallest absolute Gasteiger partial charge is 0.407 e. The van der Waals surface area contributed by atoms with E-state index in [1.54, 1.807) is 12.4 Å². The summed E-state index contributed by atoms with van der Waals surface area (Å²) in [5.41, 5.74) is 6.10. The molecular weight excluding hydrogens is 220 g/mol. The number of hydrogen-bond donors (Lipinski definition) is 3. The minimum absolute atomic E-state index is 0.151. The number of carbonyl (C=O) groups is 1. The van der Waals surface area contributed by atoms with Crippen molar-refractivity contribution in [1.82, 2.24) is 15.5 Å². The number of alkyl carbamates (subject to hydrolysis) is 1. The second-order valence-electron chi connectivity index (χ2n) is 4.89. The molecule has 0 fully saturated rings. The molecule has 1 atom stereocenters. The van der Waals surface area contributed by atoms with Crippen LogP contribution in [-0.4, -0.2) is 34.5 Å². The lowest BCUT2D eigenvalue weighted by Crippen LogP contribution is -2.44. The van der Waals surface area contributed by atoms with Crippen molar-refractivity contribution in [3.63, 3.8) is 0 Å². The van der Waals surface area contributed by atoms with Gasteiger partial charge in [-0.2, -0.15) is 5.10 Å². The largest absolute Gasteiger partial charge is 0.444 e. The molecule has 1 heterocycles. The Labute approximate surface area is 101 Å². The third kappa shape index (κ3) is 5.35. The highest BCUT2D eigenvalue weighted by molar-refractivity contribution is 5.68. The molecule has 1 amide bonds. The van der Waals surface area contributed by atoms with Crippen LogP contribution in [0.2, 0.25) is 0 Å². The van der Waals surface area contributed by atoms with Crippen molar-refractivity contribution in [2.45, 2.75) is 38.8 Å². The molecule has 0 radical (unpaired) electrons. The molecule has 0 aliphatic rings. The van der Waals surface area contributed by atoms with Crippen molar-refractivity contribution < 1.29 is 9.53 Å². The molecule has 6 nitrogen and oxygen atoms in total. The highest BCUT2D eigenvalue weighted by Gasteiger charge is 2.19. The van der Waals surface area contributed by atoms with E-state index in [9.17, 15) is 4.79 Å². The zero-order valence-corrected chi connectivity index (χ0v) is 10.5. The number of carbonyl (C=O) groups excluding carboxylic acids is 1. The fourth-order valence-corrected chi connectivity index (χ4v) is 1.34. The number of aromatic nitrogens is 2. The van der Waals surface area contributed by atoms with Crippen molar-refractivity contribution in [2.75, 3.05) is 6.54 Å². The molecule has 17 heavy (non-hydrogen) atoms. The van der Waals surface area contributed by atoms with E-state index in [0.29, 0.717) is 13.0 Å². The van der Waals surface area contributed by atoms with Crippen LogP contribution in [0.3, 0.4) is 0 Å². The molecule has 0 saturated heterocycles. The van der Waals surface area contributed by atoms with E-state index >= 15 is 0 Å². The number of H-pyrrole nitrogens is 1. The molecule has 96 valence electrons. The zero-order valence-electron chi connectivity index (χ0n) is 10.5. The molecule has 1 rings (SSSR count). The second-order valence-corrected chi connectivity index (χ2v) is 4.89. The zero-order chi connectivity index (χ0) is 12.9. The SMILES string of the molecule is CC(C)(C)OC(=O)NC(CN)Cc1cn[nH]c1. The summed E-state index contributed by atoms with van der Waals surface area (Å²) in [5.74, 6) is 0. The molecule has 0 bridgehead atoms. The maximum Gasteiger partial charge on any atom is 0.407 e. The van der Waals surface area contributed by atoms with Gasteiger partial charge in [0, 0.05) is 18.8 Å². The molecule has 0 saturated carbocycles. The fourth-order valence-electron chi connectivity index (χ4n) is 1.34. The Balaban J connectivity index is 2.44. The number of hydrogen-bond acceptors (Lipinski definition) is 4. The Morgan fingerprint density at radius 3 is 2.82 bits per heavy atom. The number of nitrogens with two attached hydrogens (primary N) is 1. The molecule has 1 aromatic rings. The summed E-state index contributed by atoms with van der Waals surface area (Å²) in [4.78, 5) is 11.5. The third-order valence-corrected chi connectivity index (χ3v) is 2.04. The lowest BCUT2D eigenvalue weighted by atomic mass is 10.1. The molecule has 1 unspecified atom stereocenters. The van der Waals surface area contributed by atoms with Crippen LogP contribution in [0.4, 0.5) is 4.79 Å². The molecule has 0 aliphatic carbocycles. The summed E-state index contributed by atoms with van der Waals surface area (Å²) in [7, 11) is 0. The number of nitrogens with zero attached hydrogens (tertiary/aromatic N) is 1. The first kappa shape index (κ1) is 13.5. The molecule has 0 aliphatic heterocycles. The van der Waals surface area contributed by atoms with Gasteiger partial charge in [-0.05, 0) is 32.8 Å². The van der Waals surface area contributed by atoms with Crippen molar-refractivity contribution in [2.24, 2.45) is 5.73 Å². The average molecular weight is 240 g/mol. The Hall–Kier alpha value is -1.56. The van der Waals surface area contributed by atoms with Gasteiger partial charge in [0.2, 0.25) is 0 Å². The Morgan fingerprint density at radius 1 is 1.65 bits per heavy atom.